The van der Waals surface area contributed by atoms with E-state index in [1.54, 1.807) is 6.20 Å². The first kappa shape index (κ1) is 11.3. The van der Waals surface area contributed by atoms with Crippen LogP contribution >= 0.6 is 11.6 Å². The average molecular weight is 215 g/mol. The zero-order chi connectivity index (χ0) is 10.6. The minimum absolute atomic E-state index is 0.0156. The van der Waals surface area contributed by atoms with E-state index < -0.39 is 0 Å². The molecule has 0 amide bonds. The molecule has 1 aromatic rings. The normalized spacial score (nSPS) is 12.6. The largest absolute Gasteiger partial charge is 0.394 e. The van der Waals surface area contributed by atoms with Gasteiger partial charge in [-0.15, -0.1) is 0 Å². The van der Waals surface area contributed by atoms with Gasteiger partial charge >= 0.3 is 0 Å². The third-order valence-corrected chi connectivity index (χ3v) is 2.61. The summed E-state index contributed by atoms with van der Waals surface area (Å²) >= 11 is 6.04. The van der Waals surface area contributed by atoms with Crippen LogP contribution in [0.3, 0.4) is 0 Å². The summed E-state index contributed by atoms with van der Waals surface area (Å²) in [4.78, 5) is 4.12. The molecule has 14 heavy (non-hydrogen) atoms. The Labute approximate surface area is 89.1 Å². The lowest BCUT2D eigenvalue weighted by Crippen LogP contribution is -2.23. The molecule has 0 aromatic carbocycles. The number of aryl methyl sites for hydroxylation is 1. The number of nitrogens with zero attached hydrogens (tertiary/aromatic N) is 1. The number of halogens is 1. The number of nitrogens with one attached hydrogen (secondary N) is 1. The summed E-state index contributed by atoms with van der Waals surface area (Å²) in [6.07, 6.45) is 2.54. The second kappa shape index (κ2) is 5.17. The number of aliphatic hydroxyl groups excluding tert-OH is 1. The molecule has 3 nitrogen and oxygen atoms in total. The van der Waals surface area contributed by atoms with Crippen molar-refractivity contribution in [3.8, 4) is 0 Å². The lowest BCUT2D eigenvalue weighted by Gasteiger charge is -2.16. The molecule has 2 N–H and O–H groups in total. The van der Waals surface area contributed by atoms with Crippen molar-refractivity contribution in [2.75, 3.05) is 11.9 Å². The monoisotopic (exact) mass is 214 g/mol. The molecule has 78 valence electrons. The van der Waals surface area contributed by atoms with E-state index in [9.17, 15) is 0 Å². The molecule has 0 saturated carbocycles. The quantitative estimate of drug-likeness (QED) is 0.808. The van der Waals surface area contributed by atoms with Gasteiger partial charge in [0.25, 0.3) is 0 Å². The second-order valence-corrected chi connectivity index (χ2v) is 3.60. The van der Waals surface area contributed by atoms with Crippen molar-refractivity contribution in [2.24, 2.45) is 0 Å². The second-order valence-electron chi connectivity index (χ2n) is 3.22. The van der Waals surface area contributed by atoms with Gasteiger partial charge in [0.1, 0.15) is 5.82 Å². The van der Waals surface area contributed by atoms with E-state index in [0.29, 0.717) is 10.8 Å². The van der Waals surface area contributed by atoms with Crippen LogP contribution in [0.1, 0.15) is 18.9 Å². The summed E-state index contributed by atoms with van der Waals surface area (Å²) in [5.41, 5.74) is 0.983. The van der Waals surface area contributed by atoms with Gasteiger partial charge in [-0.05, 0) is 25.0 Å². The Kier molecular flexibility index (Phi) is 4.17. The number of hydrogen-bond donors (Lipinski definition) is 2. The number of aliphatic hydroxyl groups is 1. The average Bonchev–Trinajstić information content (AvgIpc) is 2.20. The molecule has 0 aliphatic rings. The Morgan fingerprint density at radius 3 is 2.93 bits per heavy atom. The van der Waals surface area contributed by atoms with Crippen LogP contribution in [0.5, 0.6) is 0 Å². The molecule has 1 atom stereocenters. The molecule has 0 unspecified atom stereocenters. The zero-order valence-corrected chi connectivity index (χ0v) is 9.17. The van der Waals surface area contributed by atoms with Crippen molar-refractivity contribution in [1.82, 2.24) is 4.98 Å². The van der Waals surface area contributed by atoms with Gasteiger partial charge in [0.05, 0.1) is 17.7 Å². The van der Waals surface area contributed by atoms with Crippen molar-refractivity contribution in [3.63, 3.8) is 0 Å². The maximum Gasteiger partial charge on any atom is 0.145 e. The van der Waals surface area contributed by atoms with E-state index in [2.05, 4.69) is 10.3 Å². The van der Waals surface area contributed by atoms with Crippen molar-refractivity contribution in [1.29, 1.82) is 0 Å². The highest BCUT2D eigenvalue weighted by Gasteiger charge is 2.09. The van der Waals surface area contributed by atoms with Crippen LogP contribution < -0.4 is 5.32 Å². The summed E-state index contributed by atoms with van der Waals surface area (Å²) in [6.45, 7) is 4.01. The van der Waals surface area contributed by atoms with Gasteiger partial charge in [0, 0.05) is 6.20 Å². The third-order valence-electron chi connectivity index (χ3n) is 2.14. The molecular formula is C10H15ClN2O. The van der Waals surface area contributed by atoms with Crippen LogP contribution in [0.4, 0.5) is 5.82 Å². The van der Waals surface area contributed by atoms with Gasteiger partial charge in [0.15, 0.2) is 0 Å². The lowest BCUT2D eigenvalue weighted by molar-refractivity contribution is 0.271. The molecule has 4 heteroatoms. The standard InChI is InChI=1S/C10H15ClN2O/c1-3-8(6-14)13-10-9(11)7(2)4-5-12-10/h4-5,8,14H,3,6H2,1-2H3,(H,12,13)/t8-/m1/s1. The Morgan fingerprint density at radius 2 is 2.36 bits per heavy atom. The van der Waals surface area contributed by atoms with E-state index >= 15 is 0 Å². The first-order chi connectivity index (χ1) is 6.69. The van der Waals surface area contributed by atoms with Crippen molar-refractivity contribution >= 4 is 17.4 Å². The fourth-order valence-corrected chi connectivity index (χ4v) is 1.28. The minimum Gasteiger partial charge on any atom is -0.394 e. The van der Waals surface area contributed by atoms with E-state index in [1.165, 1.54) is 0 Å². The summed E-state index contributed by atoms with van der Waals surface area (Å²) in [5.74, 6) is 0.646. The fourth-order valence-electron chi connectivity index (χ4n) is 1.11. The van der Waals surface area contributed by atoms with Crippen LogP contribution in [0.15, 0.2) is 12.3 Å². The van der Waals surface area contributed by atoms with Gasteiger partial charge in [-0.2, -0.15) is 0 Å². The highest BCUT2D eigenvalue weighted by Crippen LogP contribution is 2.23. The molecule has 0 fully saturated rings. The number of rotatable bonds is 4. The number of pyridine rings is 1. The molecule has 0 radical (unpaired) electrons. The van der Waals surface area contributed by atoms with Gasteiger partial charge < -0.3 is 10.4 Å². The highest BCUT2D eigenvalue weighted by molar-refractivity contribution is 6.33. The SMILES string of the molecule is CC[C@H](CO)Nc1nccc(C)c1Cl. The van der Waals surface area contributed by atoms with Crippen LogP contribution in [0, 0.1) is 6.92 Å². The van der Waals surface area contributed by atoms with E-state index in [4.69, 9.17) is 16.7 Å². The predicted octanol–water partition coefficient (Wildman–Crippen LogP) is 2.23. The number of hydrogen-bond acceptors (Lipinski definition) is 3. The smallest absolute Gasteiger partial charge is 0.145 e. The fraction of sp³-hybridized carbons (Fsp3) is 0.500. The molecule has 0 spiro atoms. The van der Waals surface area contributed by atoms with Crippen molar-refractivity contribution in [3.05, 3.63) is 22.8 Å². The minimum atomic E-state index is 0.0156. The Bertz CT molecular complexity index is 300. The predicted molar refractivity (Wildman–Crippen MR) is 58.8 cm³/mol. The third kappa shape index (κ3) is 2.59. The molecule has 0 bridgehead atoms. The van der Waals surface area contributed by atoms with E-state index in [1.807, 2.05) is 19.9 Å². The van der Waals surface area contributed by atoms with Crippen LogP contribution in [0.2, 0.25) is 5.02 Å². The highest BCUT2D eigenvalue weighted by atomic mass is 35.5. The Morgan fingerprint density at radius 1 is 1.64 bits per heavy atom. The van der Waals surface area contributed by atoms with E-state index in [0.717, 1.165) is 12.0 Å². The van der Waals surface area contributed by atoms with Crippen molar-refractivity contribution in [2.45, 2.75) is 26.3 Å². The molecular weight excluding hydrogens is 200 g/mol. The van der Waals surface area contributed by atoms with Crippen LogP contribution in [-0.2, 0) is 0 Å². The molecule has 0 saturated heterocycles. The van der Waals surface area contributed by atoms with Crippen molar-refractivity contribution < 1.29 is 5.11 Å². The summed E-state index contributed by atoms with van der Waals surface area (Å²) < 4.78 is 0. The van der Waals surface area contributed by atoms with Crippen LogP contribution in [0.25, 0.3) is 0 Å². The molecule has 0 aliphatic heterocycles. The molecule has 0 aliphatic carbocycles. The van der Waals surface area contributed by atoms with Crippen LogP contribution in [-0.4, -0.2) is 22.7 Å². The number of anilines is 1. The molecule has 1 rings (SSSR count). The van der Waals surface area contributed by atoms with Gasteiger partial charge in [-0.3, -0.25) is 0 Å². The Hall–Kier alpha value is -0.800. The van der Waals surface area contributed by atoms with Gasteiger partial charge in [-0.1, -0.05) is 18.5 Å². The molecule has 1 heterocycles. The summed E-state index contributed by atoms with van der Waals surface area (Å²) in [6, 6.07) is 1.87. The van der Waals surface area contributed by atoms with Gasteiger partial charge in [0.2, 0.25) is 0 Å². The molecule has 1 aromatic heterocycles. The maximum absolute atomic E-state index is 9.01. The first-order valence-corrected chi connectivity index (χ1v) is 5.05. The summed E-state index contributed by atoms with van der Waals surface area (Å²) in [5, 5.41) is 12.7. The van der Waals surface area contributed by atoms with Gasteiger partial charge in [-0.25, -0.2) is 4.98 Å². The zero-order valence-electron chi connectivity index (χ0n) is 8.42. The Balaban J connectivity index is 2.80. The summed E-state index contributed by atoms with van der Waals surface area (Å²) in [7, 11) is 0. The van der Waals surface area contributed by atoms with E-state index in [-0.39, 0.29) is 12.6 Å². The maximum atomic E-state index is 9.01. The first-order valence-electron chi connectivity index (χ1n) is 4.67. The number of aromatic nitrogens is 1. The lowest BCUT2D eigenvalue weighted by atomic mass is 10.2. The topological polar surface area (TPSA) is 45.1 Å².